The Morgan fingerprint density at radius 2 is 1.83 bits per heavy atom. The molecule has 1 aliphatic rings. The highest BCUT2D eigenvalue weighted by Gasteiger charge is 2.19. The van der Waals surface area contributed by atoms with Crippen LogP contribution in [0.15, 0.2) is 0 Å². The summed E-state index contributed by atoms with van der Waals surface area (Å²) in [5, 5.41) is 0. The van der Waals surface area contributed by atoms with Crippen molar-refractivity contribution >= 4 is 6.92 Å². The lowest BCUT2D eigenvalue weighted by atomic mass is 9.66. The first-order chi connectivity index (χ1) is 5.93. The summed E-state index contributed by atoms with van der Waals surface area (Å²) >= 11 is 0. The number of hydrogen-bond donors (Lipinski definition) is 0. The summed E-state index contributed by atoms with van der Waals surface area (Å²) in [6.07, 6.45) is 10.7. The third kappa shape index (κ3) is 4.15. The normalized spacial score (nSPS) is 17.2. The molecule has 0 N–H and O–H groups in total. The van der Waals surface area contributed by atoms with E-state index in [-0.39, 0.29) is 0 Å². The third-order valence-electron chi connectivity index (χ3n) is 2.65. The third-order valence-corrected chi connectivity index (χ3v) is 2.65. The topological polar surface area (TPSA) is 9.23 Å². The second-order valence-electron chi connectivity index (χ2n) is 3.84. The highest BCUT2D eigenvalue weighted by molar-refractivity contribution is 6.52. The van der Waals surface area contributed by atoms with Crippen LogP contribution in [0.4, 0.5) is 0 Å². The van der Waals surface area contributed by atoms with E-state index in [0.717, 1.165) is 6.61 Å². The van der Waals surface area contributed by atoms with Crippen molar-refractivity contribution < 1.29 is 4.65 Å². The van der Waals surface area contributed by atoms with E-state index in [4.69, 9.17) is 4.65 Å². The molecule has 12 heavy (non-hydrogen) atoms. The second kappa shape index (κ2) is 6.53. The van der Waals surface area contributed by atoms with Gasteiger partial charge in [0.25, 0.3) is 6.92 Å². The van der Waals surface area contributed by atoms with Crippen LogP contribution in [0.1, 0.15) is 45.4 Å². The Balaban J connectivity index is 1.81. The lowest BCUT2D eigenvalue weighted by molar-refractivity contribution is 0.308. The summed E-state index contributed by atoms with van der Waals surface area (Å²) in [4.78, 5) is 0. The molecular formula is C10H21BO. The molecule has 0 aromatic carbocycles. The van der Waals surface area contributed by atoms with Gasteiger partial charge in [-0.25, -0.2) is 0 Å². The molecule has 0 unspecified atom stereocenters. The van der Waals surface area contributed by atoms with Crippen LogP contribution in [0.5, 0.6) is 0 Å². The van der Waals surface area contributed by atoms with Crippen LogP contribution < -0.4 is 0 Å². The molecule has 0 amide bonds. The van der Waals surface area contributed by atoms with E-state index in [1.807, 2.05) is 0 Å². The molecule has 1 nitrogen and oxygen atoms in total. The zero-order chi connectivity index (χ0) is 8.65. The van der Waals surface area contributed by atoms with Crippen LogP contribution in [0.25, 0.3) is 0 Å². The smallest absolute Gasteiger partial charge is 0.293 e. The lowest BCUT2D eigenvalue weighted by Gasteiger charge is -2.06. The summed E-state index contributed by atoms with van der Waals surface area (Å²) in [5.41, 5.74) is 0. The standard InChI is InChI=1S/C10H21BO/c1-2-3-4-7-10-12-11-8-5-6-9-11/h2-10H2,1H3. The molecule has 0 aromatic heterocycles. The average Bonchev–Trinajstić information content (AvgIpc) is 2.57. The van der Waals surface area contributed by atoms with E-state index in [2.05, 4.69) is 6.92 Å². The van der Waals surface area contributed by atoms with E-state index < -0.39 is 0 Å². The Morgan fingerprint density at radius 1 is 1.08 bits per heavy atom. The molecule has 1 saturated heterocycles. The van der Waals surface area contributed by atoms with Crippen molar-refractivity contribution in [3.8, 4) is 0 Å². The van der Waals surface area contributed by atoms with E-state index in [1.54, 1.807) is 0 Å². The molecule has 0 aromatic rings. The van der Waals surface area contributed by atoms with Crippen molar-refractivity contribution in [2.24, 2.45) is 0 Å². The maximum absolute atomic E-state index is 5.75. The van der Waals surface area contributed by atoms with E-state index >= 15 is 0 Å². The molecular weight excluding hydrogens is 147 g/mol. The molecule has 0 saturated carbocycles. The molecule has 70 valence electrons. The SMILES string of the molecule is CCCCCCOB1CCCC1. The van der Waals surface area contributed by atoms with Gasteiger partial charge in [0.2, 0.25) is 0 Å². The first-order valence-electron chi connectivity index (χ1n) is 5.55. The minimum absolute atomic E-state index is 0.617. The first kappa shape index (κ1) is 10.1. The van der Waals surface area contributed by atoms with Gasteiger partial charge in [-0.3, -0.25) is 0 Å². The van der Waals surface area contributed by atoms with Gasteiger partial charge in [-0.15, -0.1) is 0 Å². The molecule has 0 spiro atoms. The number of rotatable bonds is 6. The Morgan fingerprint density at radius 3 is 2.50 bits per heavy atom. The summed E-state index contributed by atoms with van der Waals surface area (Å²) in [5.74, 6) is 0. The van der Waals surface area contributed by atoms with Crippen LogP contribution in [0.2, 0.25) is 12.6 Å². The minimum atomic E-state index is 0.617. The van der Waals surface area contributed by atoms with Gasteiger partial charge in [0.05, 0.1) is 0 Å². The van der Waals surface area contributed by atoms with Crippen LogP contribution in [0, 0.1) is 0 Å². The summed E-state index contributed by atoms with van der Waals surface area (Å²) in [6, 6.07) is 0. The molecule has 0 aliphatic carbocycles. The molecule has 0 bridgehead atoms. The zero-order valence-electron chi connectivity index (χ0n) is 8.35. The van der Waals surface area contributed by atoms with Gasteiger partial charge < -0.3 is 4.65 Å². The lowest BCUT2D eigenvalue weighted by Crippen LogP contribution is -2.13. The Kier molecular flexibility index (Phi) is 5.50. The second-order valence-corrected chi connectivity index (χ2v) is 3.84. The maximum atomic E-state index is 5.75. The van der Waals surface area contributed by atoms with Crippen molar-refractivity contribution in [2.75, 3.05) is 6.61 Å². The monoisotopic (exact) mass is 168 g/mol. The fourth-order valence-electron chi connectivity index (χ4n) is 1.83. The Hall–Kier alpha value is 0.0249. The number of hydrogen-bond acceptors (Lipinski definition) is 1. The molecule has 1 rings (SSSR count). The predicted molar refractivity (Wildman–Crippen MR) is 54.7 cm³/mol. The largest absolute Gasteiger partial charge is 0.436 e. The predicted octanol–water partition coefficient (Wildman–Crippen LogP) is 3.37. The molecule has 0 radical (unpaired) electrons. The van der Waals surface area contributed by atoms with Gasteiger partial charge in [-0.1, -0.05) is 39.0 Å². The molecule has 1 fully saturated rings. The maximum Gasteiger partial charge on any atom is 0.293 e. The molecule has 2 heteroatoms. The van der Waals surface area contributed by atoms with Gasteiger partial charge >= 0.3 is 0 Å². The minimum Gasteiger partial charge on any atom is -0.436 e. The fraction of sp³-hybridized carbons (Fsp3) is 1.00. The van der Waals surface area contributed by atoms with E-state index in [9.17, 15) is 0 Å². The van der Waals surface area contributed by atoms with Gasteiger partial charge in [-0.05, 0) is 19.1 Å². The van der Waals surface area contributed by atoms with Gasteiger partial charge in [0, 0.05) is 6.61 Å². The highest BCUT2D eigenvalue weighted by atomic mass is 16.4. The van der Waals surface area contributed by atoms with E-state index in [0.29, 0.717) is 6.92 Å². The molecule has 1 aliphatic heterocycles. The summed E-state index contributed by atoms with van der Waals surface area (Å²) < 4.78 is 5.75. The van der Waals surface area contributed by atoms with Crippen LogP contribution in [-0.2, 0) is 4.65 Å². The fourth-order valence-corrected chi connectivity index (χ4v) is 1.83. The van der Waals surface area contributed by atoms with E-state index in [1.165, 1.54) is 51.2 Å². The Labute approximate surface area is 77.0 Å². The summed E-state index contributed by atoms with van der Waals surface area (Å²) in [6.45, 7) is 3.87. The highest BCUT2D eigenvalue weighted by Crippen LogP contribution is 2.20. The van der Waals surface area contributed by atoms with Crippen LogP contribution >= 0.6 is 0 Å². The first-order valence-corrected chi connectivity index (χ1v) is 5.55. The molecule has 1 heterocycles. The Bertz CT molecular complexity index is 100. The average molecular weight is 168 g/mol. The zero-order valence-corrected chi connectivity index (χ0v) is 8.35. The van der Waals surface area contributed by atoms with Crippen molar-refractivity contribution in [1.29, 1.82) is 0 Å². The van der Waals surface area contributed by atoms with Crippen LogP contribution in [0.3, 0.4) is 0 Å². The number of unbranched alkanes of at least 4 members (excludes halogenated alkanes) is 3. The van der Waals surface area contributed by atoms with Crippen LogP contribution in [-0.4, -0.2) is 13.5 Å². The quantitative estimate of drug-likeness (QED) is 0.436. The van der Waals surface area contributed by atoms with Crippen molar-refractivity contribution in [3.05, 3.63) is 0 Å². The molecule has 0 atom stereocenters. The summed E-state index contributed by atoms with van der Waals surface area (Å²) in [7, 11) is 0. The van der Waals surface area contributed by atoms with Crippen molar-refractivity contribution in [2.45, 2.75) is 58.1 Å². The van der Waals surface area contributed by atoms with Gasteiger partial charge in [0.15, 0.2) is 0 Å². The van der Waals surface area contributed by atoms with Gasteiger partial charge in [-0.2, -0.15) is 0 Å². The van der Waals surface area contributed by atoms with Gasteiger partial charge in [0.1, 0.15) is 0 Å². The van der Waals surface area contributed by atoms with Crippen molar-refractivity contribution in [3.63, 3.8) is 0 Å². The van der Waals surface area contributed by atoms with Crippen molar-refractivity contribution in [1.82, 2.24) is 0 Å².